The molecule has 4 aromatic rings. The average Bonchev–Trinajstić information content (AvgIpc) is 3.23. The van der Waals surface area contributed by atoms with Gasteiger partial charge in [-0.3, -0.25) is 19.7 Å². The van der Waals surface area contributed by atoms with Crippen molar-refractivity contribution in [1.82, 2.24) is 14.8 Å². The molecular weight excluding hydrogens is 445 g/mol. The minimum atomic E-state index is -0.744. The molecule has 10 heteroatoms. The van der Waals surface area contributed by atoms with Crippen LogP contribution < -0.4 is 16.1 Å². The van der Waals surface area contributed by atoms with Gasteiger partial charge in [-0.1, -0.05) is 24.3 Å². The van der Waals surface area contributed by atoms with Crippen molar-refractivity contribution in [1.29, 1.82) is 0 Å². The Morgan fingerprint density at radius 1 is 1.06 bits per heavy atom. The molecule has 33 heavy (non-hydrogen) atoms. The molecule has 0 aliphatic heterocycles. The second kappa shape index (κ2) is 9.13. The molecule has 2 heterocycles. The molecule has 4 rings (SSSR count). The maximum atomic E-state index is 14.2. The predicted molar refractivity (Wildman–Crippen MR) is 124 cm³/mol. The van der Waals surface area contributed by atoms with Gasteiger partial charge in [0, 0.05) is 35.3 Å². The van der Waals surface area contributed by atoms with Crippen LogP contribution in [0.25, 0.3) is 16.9 Å². The lowest BCUT2D eigenvalue weighted by Crippen LogP contribution is -2.27. The van der Waals surface area contributed by atoms with Crippen LogP contribution in [0.2, 0.25) is 0 Å². The molecule has 0 atom stereocenters. The third kappa shape index (κ3) is 4.85. The van der Waals surface area contributed by atoms with Crippen LogP contribution in [0.1, 0.15) is 23.1 Å². The van der Waals surface area contributed by atoms with Crippen LogP contribution in [-0.2, 0) is 4.79 Å². The largest absolute Gasteiger partial charge is 0.326 e. The number of halogens is 1. The van der Waals surface area contributed by atoms with Crippen molar-refractivity contribution in [3.05, 3.63) is 87.4 Å². The van der Waals surface area contributed by atoms with E-state index in [9.17, 15) is 18.8 Å². The molecule has 0 radical (unpaired) electrons. The molecule has 0 saturated carbocycles. The molecule has 2 N–H and O–H groups in total. The third-order valence-corrected chi connectivity index (χ3v) is 5.39. The van der Waals surface area contributed by atoms with Gasteiger partial charge >= 0.3 is 0 Å². The highest BCUT2D eigenvalue weighted by Crippen LogP contribution is 2.26. The highest BCUT2D eigenvalue weighted by Gasteiger charge is 2.18. The molecule has 0 aliphatic carbocycles. The van der Waals surface area contributed by atoms with Crippen LogP contribution in [0.4, 0.5) is 15.2 Å². The smallest absolute Gasteiger partial charge is 0.281 e. The number of anilines is 2. The number of thiazole rings is 1. The van der Waals surface area contributed by atoms with E-state index in [0.29, 0.717) is 17.1 Å². The number of hydrogen-bond donors (Lipinski definition) is 2. The summed E-state index contributed by atoms with van der Waals surface area (Å²) in [6.45, 7) is 3.03. The highest BCUT2D eigenvalue weighted by atomic mass is 32.1. The number of nitrogens with one attached hydrogen (secondary N) is 2. The fraction of sp³-hybridized carbons (Fsp3) is 0.0870. The molecule has 166 valence electrons. The van der Waals surface area contributed by atoms with Gasteiger partial charge < -0.3 is 5.32 Å². The Balaban J connectivity index is 1.57. The van der Waals surface area contributed by atoms with E-state index in [1.165, 1.54) is 47.2 Å². The van der Waals surface area contributed by atoms with Gasteiger partial charge in [0.2, 0.25) is 11.3 Å². The Kier molecular flexibility index (Phi) is 6.09. The van der Waals surface area contributed by atoms with Gasteiger partial charge in [-0.05, 0) is 31.2 Å². The monoisotopic (exact) mass is 463 g/mol. The summed E-state index contributed by atoms with van der Waals surface area (Å²) in [6, 6.07) is 14.3. The van der Waals surface area contributed by atoms with E-state index >= 15 is 0 Å². The summed E-state index contributed by atoms with van der Waals surface area (Å²) in [5, 5.41) is 11.4. The fourth-order valence-corrected chi connectivity index (χ4v) is 3.83. The van der Waals surface area contributed by atoms with E-state index in [2.05, 4.69) is 20.7 Å². The summed E-state index contributed by atoms with van der Waals surface area (Å²) in [5.41, 5.74) is 1.63. The molecule has 0 saturated heterocycles. The SMILES string of the molecule is CC(=O)Nc1ccc(-c2csc(NC(=O)c3nn(-c4ccccc4F)c(C)cc3=O)n2)cc1. The van der Waals surface area contributed by atoms with Crippen molar-refractivity contribution < 1.29 is 14.0 Å². The Labute approximate surface area is 191 Å². The average molecular weight is 463 g/mol. The second-order valence-corrected chi connectivity index (χ2v) is 7.97. The Morgan fingerprint density at radius 3 is 2.48 bits per heavy atom. The van der Waals surface area contributed by atoms with Crippen LogP contribution >= 0.6 is 11.3 Å². The molecule has 0 aliphatic rings. The third-order valence-electron chi connectivity index (χ3n) is 4.63. The quantitative estimate of drug-likeness (QED) is 0.465. The van der Waals surface area contributed by atoms with E-state index in [1.54, 1.807) is 42.6 Å². The number of nitrogens with zero attached hydrogens (tertiary/aromatic N) is 3. The second-order valence-electron chi connectivity index (χ2n) is 7.11. The Hall–Kier alpha value is -4.18. The van der Waals surface area contributed by atoms with Gasteiger partial charge in [-0.15, -0.1) is 11.3 Å². The molecule has 0 bridgehead atoms. The molecule has 0 spiro atoms. The molecule has 2 aromatic heterocycles. The highest BCUT2D eigenvalue weighted by molar-refractivity contribution is 7.14. The number of aryl methyl sites for hydroxylation is 1. The van der Waals surface area contributed by atoms with Crippen molar-refractivity contribution in [3.8, 4) is 16.9 Å². The molecule has 8 nitrogen and oxygen atoms in total. The molecule has 0 fully saturated rings. The van der Waals surface area contributed by atoms with Crippen LogP contribution in [0.5, 0.6) is 0 Å². The van der Waals surface area contributed by atoms with Crippen LogP contribution in [-0.4, -0.2) is 26.6 Å². The number of benzene rings is 2. The number of rotatable bonds is 5. The lowest BCUT2D eigenvalue weighted by molar-refractivity contribution is -0.114. The lowest BCUT2D eigenvalue weighted by atomic mass is 10.1. The van der Waals surface area contributed by atoms with Crippen molar-refractivity contribution in [2.45, 2.75) is 13.8 Å². The number of hydrogen-bond acceptors (Lipinski definition) is 6. The summed E-state index contributed by atoms with van der Waals surface area (Å²) in [4.78, 5) is 40.7. The van der Waals surface area contributed by atoms with E-state index in [-0.39, 0.29) is 22.4 Å². The maximum absolute atomic E-state index is 14.2. The number of carbonyl (C=O) groups excluding carboxylic acids is 2. The fourth-order valence-electron chi connectivity index (χ4n) is 3.12. The normalized spacial score (nSPS) is 10.6. The van der Waals surface area contributed by atoms with Crippen molar-refractivity contribution in [3.63, 3.8) is 0 Å². The molecule has 0 unspecified atom stereocenters. The zero-order valence-corrected chi connectivity index (χ0v) is 18.4. The minimum Gasteiger partial charge on any atom is -0.326 e. The van der Waals surface area contributed by atoms with Gasteiger partial charge in [-0.25, -0.2) is 14.1 Å². The molecule has 2 aromatic carbocycles. The van der Waals surface area contributed by atoms with Gasteiger partial charge in [0.05, 0.1) is 5.69 Å². The van der Waals surface area contributed by atoms with Gasteiger partial charge in [-0.2, -0.15) is 5.10 Å². The summed E-state index contributed by atoms with van der Waals surface area (Å²) in [6.07, 6.45) is 0. The first-order valence-corrected chi connectivity index (χ1v) is 10.7. The topological polar surface area (TPSA) is 106 Å². The van der Waals surface area contributed by atoms with E-state index in [4.69, 9.17) is 0 Å². The zero-order chi connectivity index (χ0) is 23.5. The van der Waals surface area contributed by atoms with Crippen molar-refractivity contribution in [2.24, 2.45) is 0 Å². The summed E-state index contributed by atoms with van der Waals surface area (Å²) >= 11 is 1.18. The minimum absolute atomic E-state index is 0.128. The predicted octanol–water partition coefficient (Wildman–Crippen LogP) is 4.01. The first-order valence-electron chi connectivity index (χ1n) is 9.82. The number of carbonyl (C=O) groups is 2. The Bertz CT molecular complexity index is 1410. The lowest BCUT2D eigenvalue weighted by Gasteiger charge is -2.11. The molecule has 2 amide bonds. The first kappa shape index (κ1) is 22.0. The maximum Gasteiger partial charge on any atom is 0.281 e. The van der Waals surface area contributed by atoms with Gasteiger partial charge in [0.15, 0.2) is 10.8 Å². The number of aromatic nitrogens is 3. The van der Waals surface area contributed by atoms with E-state index in [1.807, 2.05) is 0 Å². The number of para-hydroxylation sites is 1. The molecular formula is C23H18FN5O3S. The van der Waals surface area contributed by atoms with Gasteiger partial charge in [0.1, 0.15) is 11.5 Å². The summed E-state index contributed by atoms with van der Waals surface area (Å²) < 4.78 is 15.4. The summed E-state index contributed by atoms with van der Waals surface area (Å²) in [5.74, 6) is -1.44. The zero-order valence-electron chi connectivity index (χ0n) is 17.6. The summed E-state index contributed by atoms with van der Waals surface area (Å²) in [7, 11) is 0. The van der Waals surface area contributed by atoms with E-state index in [0.717, 1.165) is 5.56 Å². The van der Waals surface area contributed by atoms with Crippen LogP contribution in [0.3, 0.4) is 0 Å². The standard InChI is InChI=1S/C23H18FN5O3S/c1-13-11-20(31)21(28-29(13)19-6-4-3-5-17(19)24)22(32)27-23-26-18(12-33-23)15-7-9-16(10-8-15)25-14(2)30/h3-12H,1-2H3,(H,25,30)(H,26,27,32). The first-order chi connectivity index (χ1) is 15.8. The van der Waals surface area contributed by atoms with Crippen molar-refractivity contribution >= 4 is 34.0 Å². The van der Waals surface area contributed by atoms with Crippen LogP contribution in [0.15, 0.2) is 64.8 Å². The number of amides is 2. The van der Waals surface area contributed by atoms with Gasteiger partial charge in [0.25, 0.3) is 5.91 Å². The van der Waals surface area contributed by atoms with E-state index < -0.39 is 17.2 Å². The van der Waals surface area contributed by atoms with Crippen molar-refractivity contribution in [2.75, 3.05) is 10.6 Å². The van der Waals surface area contributed by atoms with Crippen LogP contribution in [0, 0.1) is 12.7 Å². The Morgan fingerprint density at radius 2 is 1.79 bits per heavy atom.